The fourth-order valence-corrected chi connectivity index (χ4v) is 6.55. The van der Waals surface area contributed by atoms with Crippen LogP contribution in [0.4, 0.5) is 0 Å². The second-order valence-electron chi connectivity index (χ2n) is 12.6. The van der Waals surface area contributed by atoms with E-state index < -0.39 is 35.5 Å². The van der Waals surface area contributed by atoms with Crippen LogP contribution in [-0.4, -0.2) is 78.4 Å². The van der Waals surface area contributed by atoms with E-state index in [1.807, 2.05) is 43.3 Å². The summed E-state index contributed by atoms with van der Waals surface area (Å²) in [4.78, 5) is 59.2. The molecule has 1 spiro atoms. The predicted octanol–water partition coefficient (Wildman–Crippen LogP) is 2.53. The minimum absolute atomic E-state index is 0.0330. The summed E-state index contributed by atoms with van der Waals surface area (Å²) < 4.78 is 17.2. The molecule has 1 aromatic carbocycles. The molecule has 3 amide bonds. The number of hydrogen-bond donors (Lipinski definition) is 3. The summed E-state index contributed by atoms with van der Waals surface area (Å²) in [5.41, 5.74) is 4.00. The van der Waals surface area contributed by atoms with Crippen molar-refractivity contribution < 1.29 is 33.4 Å². The summed E-state index contributed by atoms with van der Waals surface area (Å²) in [6, 6.07) is 7.71. The maximum absolute atomic E-state index is 13.9. The van der Waals surface area contributed by atoms with Crippen molar-refractivity contribution in [1.29, 1.82) is 0 Å². The summed E-state index contributed by atoms with van der Waals surface area (Å²) in [6.45, 7) is 3.98. The van der Waals surface area contributed by atoms with Gasteiger partial charge in [-0.15, -0.1) is 0 Å². The zero-order valence-corrected chi connectivity index (χ0v) is 25.8. The van der Waals surface area contributed by atoms with Gasteiger partial charge in [-0.2, -0.15) is 0 Å². The Morgan fingerprint density at radius 3 is 2.40 bits per heavy atom. The number of pyridine rings is 1. The van der Waals surface area contributed by atoms with Gasteiger partial charge in [0.1, 0.15) is 24.3 Å². The normalized spacial score (nSPS) is 28.6. The standard InChI is InChI=1S/C33H41N5O7/c1-20-25-12-11-23-10-9-22(16-27(23)36-25)13-14-33(17-43-19-44-18-33)32(42)45-28(24-6-3-4-7-24)30(40)35-21(2)31(41)38-15-5-8-26(37-38)29(39)34-20/h9-14,16,20-21,24,26,28,37H,3-8,15,17-19H2,1-2H3,(H,34,39)(H,35,40)/t20-,21+,26+,28+/m1/s1. The fraction of sp³-hybridized carbons (Fsp3) is 0.545. The number of carbonyl (C=O) groups is 4. The molecular formula is C33H41N5O7. The number of fused-ring (bicyclic) bond motifs is 4. The van der Waals surface area contributed by atoms with E-state index in [2.05, 4.69) is 16.1 Å². The summed E-state index contributed by atoms with van der Waals surface area (Å²) in [7, 11) is 0. The lowest BCUT2D eigenvalue weighted by Gasteiger charge is -2.36. The SMILES string of the molecule is C[C@@H]1NC(=O)[C@H](C2CCCC2)OC(=O)C2(C=Cc3ccc4ccc(nc4c3)[C@@H](C)NC(=O)[C@@H]3CCCN(N3)C1=O)COCOC2. The van der Waals surface area contributed by atoms with Gasteiger partial charge < -0.3 is 24.8 Å². The second-order valence-corrected chi connectivity index (χ2v) is 12.6. The van der Waals surface area contributed by atoms with Crippen LogP contribution in [0.1, 0.15) is 69.7 Å². The van der Waals surface area contributed by atoms with Gasteiger partial charge in [0.2, 0.25) is 5.91 Å². The van der Waals surface area contributed by atoms with Crippen LogP contribution in [0.15, 0.2) is 36.4 Å². The monoisotopic (exact) mass is 619 g/mol. The number of hydrazine groups is 1. The van der Waals surface area contributed by atoms with Crippen LogP contribution in [0, 0.1) is 11.3 Å². The molecule has 4 aliphatic rings. The molecule has 6 rings (SSSR count). The third-order valence-electron chi connectivity index (χ3n) is 9.25. The summed E-state index contributed by atoms with van der Waals surface area (Å²) in [6.07, 6.45) is 6.95. The van der Waals surface area contributed by atoms with Crippen molar-refractivity contribution in [2.45, 2.75) is 76.6 Å². The lowest BCUT2D eigenvalue weighted by Crippen LogP contribution is -2.61. The van der Waals surface area contributed by atoms with Gasteiger partial charge in [0.05, 0.1) is 30.5 Å². The Hall–Kier alpha value is -3.87. The number of cyclic esters (lactones) is 1. The summed E-state index contributed by atoms with van der Waals surface area (Å²) >= 11 is 0. The highest BCUT2D eigenvalue weighted by Crippen LogP contribution is 2.33. The molecule has 3 fully saturated rings. The van der Waals surface area contributed by atoms with E-state index in [4.69, 9.17) is 19.2 Å². The van der Waals surface area contributed by atoms with Crippen molar-refractivity contribution in [2.75, 3.05) is 26.6 Å². The molecule has 3 aliphatic heterocycles. The molecular weight excluding hydrogens is 578 g/mol. The van der Waals surface area contributed by atoms with Crippen molar-refractivity contribution in [3.8, 4) is 0 Å². The number of amides is 3. The van der Waals surface area contributed by atoms with Gasteiger partial charge in [-0.05, 0) is 57.2 Å². The Balaban J connectivity index is 1.37. The van der Waals surface area contributed by atoms with Crippen molar-refractivity contribution >= 4 is 40.7 Å². The number of hydrogen-bond acceptors (Lipinski definition) is 9. The summed E-state index contributed by atoms with van der Waals surface area (Å²) in [5.74, 6) is -1.92. The molecule has 45 heavy (non-hydrogen) atoms. The molecule has 240 valence electrons. The van der Waals surface area contributed by atoms with Gasteiger partial charge in [-0.3, -0.25) is 29.2 Å². The first-order chi connectivity index (χ1) is 21.7. The van der Waals surface area contributed by atoms with E-state index in [0.29, 0.717) is 25.1 Å². The number of carbonyl (C=O) groups excluding carboxylic acids is 4. The topological polar surface area (TPSA) is 148 Å². The van der Waals surface area contributed by atoms with Crippen LogP contribution in [0.5, 0.6) is 0 Å². The van der Waals surface area contributed by atoms with Crippen LogP contribution >= 0.6 is 0 Å². The quantitative estimate of drug-likeness (QED) is 0.410. The molecule has 1 aliphatic carbocycles. The van der Waals surface area contributed by atoms with Crippen molar-refractivity contribution in [3.63, 3.8) is 0 Å². The number of rotatable bonds is 1. The van der Waals surface area contributed by atoms with E-state index in [1.54, 1.807) is 13.0 Å². The molecule has 2 saturated heterocycles. The molecule has 5 bridgehead atoms. The van der Waals surface area contributed by atoms with Crippen molar-refractivity contribution in [1.82, 2.24) is 26.1 Å². The maximum Gasteiger partial charge on any atom is 0.321 e. The highest BCUT2D eigenvalue weighted by molar-refractivity contribution is 5.92. The zero-order chi connectivity index (χ0) is 31.6. The van der Waals surface area contributed by atoms with Gasteiger partial charge >= 0.3 is 5.97 Å². The van der Waals surface area contributed by atoms with Crippen LogP contribution < -0.4 is 16.1 Å². The predicted molar refractivity (Wildman–Crippen MR) is 164 cm³/mol. The minimum atomic E-state index is -1.27. The van der Waals surface area contributed by atoms with E-state index in [0.717, 1.165) is 42.1 Å². The first-order valence-corrected chi connectivity index (χ1v) is 15.9. The second kappa shape index (κ2) is 13.2. The molecule has 4 heterocycles. The van der Waals surface area contributed by atoms with Gasteiger partial charge in [-0.1, -0.05) is 43.2 Å². The Labute approximate surface area is 262 Å². The average Bonchev–Trinajstić information content (AvgIpc) is 3.60. The summed E-state index contributed by atoms with van der Waals surface area (Å²) in [5, 5.41) is 8.15. The number of ether oxygens (including phenoxy) is 3. The number of esters is 1. The average molecular weight is 620 g/mol. The van der Waals surface area contributed by atoms with Crippen LogP contribution in [0.25, 0.3) is 17.0 Å². The number of benzene rings is 1. The van der Waals surface area contributed by atoms with Crippen molar-refractivity contribution in [2.24, 2.45) is 11.3 Å². The highest BCUT2D eigenvalue weighted by atomic mass is 16.7. The van der Waals surface area contributed by atoms with Gasteiger partial charge in [-0.25, -0.2) is 5.43 Å². The van der Waals surface area contributed by atoms with Gasteiger partial charge in [0, 0.05) is 17.8 Å². The molecule has 2 aromatic rings. The van der Waals surface area contributed by atoms with Crippen LogP contribution in [0.2, 0.25) is 0 Å². The molecule has 12 nitrogen and oxygen atoms in total. The largest absolute Gasteiger partial charge is 0.451 e. The molecule has 1 aromatic heterocycles. The smallest absolute Gasteiger partial charge is 0.321 e. The number of aromatic nitrogens is 1. The molecule has 4 atom stereocenters. The van der Waals surface area contributed by atoms with Gasteiger partial charge in [0.25, 0.3) is 11.8 Å². The lowest BCUT2D eigenvalue weighted by molar-refractivity contribution is -0.193. The van der Waals surface area contributed by atoms with Crippen LogP contribution in [0.3, 0.4) is 0 Å². The molecule has 3 N–H and O–H groups in total. The number of nitrogens with zero attached hydrogens (tertiary/aromatic N) is 2. The van der Waals surface area contributed by atoms with Gasteiger partial charge in [0.15, 0.2) is 6.10 Å². The van der Waals surface area contributed by atoms with E-state index >= 15 is 0 Å². The molecule has 1 saturated carbocycles. The Kier molecular flexibility index (Phi) is 9.16. The Bertz CT molecular complexity index is 1480. The van der Waals surface area contributed by atoms with E-state index in [-0.39, 0.29) is 43.8 Å². The zero-order valence-electron chi connectivity index (χ0n) is 25.8. The first-order valence-electron chi connectivity index (χ1n) is 15.9. The van der Waals surface area contributed by atoms with Crippen LogP contribution in [-0.2, 0) is 33.4 Å². The molecule has 0 radical (unpaired) electrons. The molecule has 0 unspecified atom stereocenters. The third kappa shape index (κ3) is 6.73. The lowest BCUT2D eigenvalue weighted by atomic mass is 9.87. The first kappa shape index (κ1) is 31.1. The fourth-order valence-electron chi connectivity index (χ4n) is 6.55. The Morgan fingerprint density at radius 2 is 1.62 bits per heavy atom. The van der Waals surface area contributed by atoms with Crippen molar-refractivity contribution in [3.05, 3.63) is 47.7 Å². The highest BCUT2D eigenvalue weighted by Gasteiger charge is 2.45. The third-order valence-corrected chi connectivity index (χ3v) is 9.25. The van der Waals surface area contributed by atoms with E-state index in [9.17, 15) is 19.2 Å². The maximum atomic E-state index is 13.9. The van der Waals surface area contributed by atoms with E-state index in [1.165, 1.54) is 5.01 Å². The number of nitrogens with one attached hydrogen (secondary N) is 3. The minimum Gasteiger partial charge on any atom is -0.451 e. The Morgan fingerprint density at radius 1 is 0.889 bits per heavy atom. The molecule has 12 heteroatoms.